The number of halogens is 1. The van der Waals surface area contributed by atoms with Crippen molar-refractivity contribution in [3.05, 3.63) is 48.5 Å². The van der Waals surface area contributed by atoms with Crippen molar-refractivity contribution < 1.29 is 23.5 Å². The average Bonchev–Trinajstić information content (AvgIpc) is 2.68. The van der Waals surface area contributed by atoms with Gasteiger partial charge < -0.3 is 20.3 Å². The van der Waals surface area contributed by atoms with Crippen LogP contribution in [0.15, 0.2) is 42.7 Å². The zero-order valence-corrected chi connectivity index (χ0v) is 15.2. The summed E-state index contributed by atoms with van der Waals surface area (Å²) in [5.41, 5.74) is 5.50. The lowest BCUT2D eigenvalue weighted by atomic mass is 10.2. The molecule has 2 amide bonds. The van der Waals surface area contributed by atoms with E-state index in [-0.39, 0.29) is 19.5 Å². The fraction of sp³-hybridized carbons (Fsp3) is 0.278. The number of nitrogens with zero attached hydrogens (tertiary/aromatic N) is 4. The molecule has 2 aromatic rings. The van der Waals surface area contributed by atoms with E-state index in [1.807, 2.05) is 0 Å². The number of carbonyl (C=O) groups is 3. The first-order valence-electron chi connectivity index (χ1n) is 8.35. The molecule has 0 radical (unpaired) electrons. The Kier molecular flexibility index (Phi) is 7.37. The number of carbonyl (C=O) groups excluding carboxylic acids is 3. The van der Waals surface area contributed by atoms with E-state index in [1.165, 1.54) is 46.5 Å². The first-order valence-corrected chi connectivity index (χ1v) is 8.35. The van der Waals surface area contributed by atoms with Crippen molar-refractivity contribution >= 4 is 29.4 Å². The summed E-state index contributed by atoms with van der Waals surface area (Å²) < 4.78 is 18.1. The summed E-state index contributed by atoms with van der Waals surface area (Å²) in [6.45, 7) is -0.720. The molecule has 0 bridgehead atoms. The van der Waals surface area contributed by atoms with E-state index in [2.05, 4.69) is 9.97 Å². The van der Waals surface area contributed by atoms with E-state index in [1.54, 1.807) is 13.1 Å². The molecule has 148 valence electrons. The molecule has 28 heavy (non-hydrogen) atoms. The molecular weight excluding hydrogens is 369 g/mol. The third kappa shape index (κ3) is 6.31. The van der Waals surface area contributed by atoms with Gasteiger partial charge in [0.1, 0.15) is 12.4 Å². The number of hydrogen-bond donors (Lipinski definition) is 1. The second-order valence-electron chi connectivity index (χ2n) is 5.80. The van der Waals surface area contributed by atoms with Crippen LogP contribution in [-0.4, -0.2) is 54.5 Å². The third-order valence-electron chi connectivity index (χ3n) is 3.64. The van der Waals surface area contributed by atoms with Crippen LogP contribution in [0.1, 0.15) is 6.42 Å². The topological polar surface area (TPSA) is 119 Å². The highest BCUT2D eigenvalue weighted by Crippen LogP contribution is 2.16. The molecule has 0 spiro atoms. The lowest BCUT2D eigenvalue weighted by molar-refractivity contribution is -0.146. The molecule has 1 aromatic carbocycles. The van der Waals surface area contributed by atoms with Crippen molar-refractivity contribution in [2.75, 3.05) is 36.5 Å². The lowest BCUT2D eigenvalue weighted by Crippen LogP contribution is -2.38. The van der Waals surface area contributed by atoms with Gasteiger partial charge in [-0.15, -0.1) is 0 Å². The number of primary amides is 1. The van der Waals surface area contributed by atoms with Crippen LogP contribution in [0.2, 0.25) is 0 Å². The fourth-order valence-corrected chi connectivity index (χ4v) is 2.26. The Morgan fingerprint density at radius 3 is 2.39 bits per heavy atom. The van der Waals surface area contributed by atoms with Gasteiger partial charge in [-0.3, -0.25) is 14.4 Å². The van der Waals surface area contributed by atoms with Gasteiger partial charge in [0.15, 0.2) is 6.61 Å². The van der Waals surface area contributed by atoms with Gasteiger partial charge in [0.05, 0.1) is 0 Å². The zero-order valence-electron chi connectivity index (χ0n) is 15.2. The second kappa shape index (κ2) is 9.95. The molecule has 2 N–H and O–H groups in total. The van der Waals surface area contributed by atoms with Gasteiger partial charge in [0.2, 0.25) is 11.9 Å². The molecule has 1 heterocycles. The van der Waals surface area contributed by atoms with Gasteiger partial charge in [-0.25, -0.2) is 14.4 Å². The number of anilines is 2. The molecule has 1 aromatic heterocycles. The Bertz CT molecular complexity index is 816. The molecule has 0 aliphatic carbocycles. The van der Waals surface area contributed by atoms with Gasteiger partial charge in [0.25, 0.3) is 5.91 Å². The maximum absolute atomic E-state index is 13.1. The minimum absolute atomic E-state index is 0.0187. The summed E-state index contributed by atoms with van der Waals surface area (Å²) in [7, 11) is 1.61. The molecule has 9 nitrogen and oxygen atoms in total. The zero-order chi connectivity index (χ0) is 20.5. The Morgan fingerprint density at radius 2 is 1.79 bits per heavy atom. The fourth-order valence-electron chi connectivity index (χ4n) is 2.26. The van der Waals surface area contributed by atoms with Crippen LogP contribution in [0, 0.1) is 5.82 Å². The Morgan fingerprint density at radius 1 is 1.14 bits per heavy atom. The molecule has 0 aliphatic rings. The summed E-state index contributed by atoms with van der Waals surface area (Å²) in [6.07, 6.45) is 2.98. The minimum Gasteiger partial charge on any atom is -0.454 e. The smallest absolute Gasteiger partial charge is 0.326 e. The molecular formula is C18H20FN5O4. The van der Waals surface area contributed by atoms with E-state index in [0.29, 0.717) is 11.6 Å². The summed E-state index contributed by atoms with van der Waals surface area (Å²) in [5, 5.41) is 0. The second-order valence-corrected chi connectivity index (χ2v) is 5.80. The highest BCUT2D eigenvalue weighted by Gasteiger charge is 2.19. The van der Waals surface area contributed by atoms with Crippen molar-refractivity contribution in [2.45, 2.75) is 6.42 Å². The van der Waals surface area contributed by atoms with Gasteiger partial charge in [-0.2, -0.15) is 0 Å². The number of esters is 1. The Hall–Kier alpha value is -3.56. The van der Waals surface area contributed by atoms with Crippen LogP contribution in [0.5, 0.6) is 0 Å². The summed E-state index contributed by atoms with van der Waals surface area (Å²) in [6, 6.07) is 6.78. The predicted molar refractivity (Wildman–Crippen MR) is 98.8 cm³/mol. The highest BCUT2D eigenvalue weighted by molar-refractivity contribution is 5.96. The van der Waals surface area contributed by atoms with Crippen LogP contribution >= 0.6 is 0 Å². The van der Waals surface area contributed by atoms with E-state index >= 15 is 0 Å². The first kappa shape index (κ1) is 20.7. The molecule has 2 rings (SSSR count). The number of likely N-dealkylation sites (N-methyl/N-ethyl adjacent to an activating group) is 1. The van der Waals surface area contributed by atoms with Gasteiger partial charge >= 0.3 is 5.97 Å². The molecule has 0 saturated carbocycles. The van der Waals surface area contributed by atoms with Crippen LogP contribution in [-0.2, 0) is 19.1 Å². The van der Waals surface area contributed by atoms with E-state index in [9.17, 15) is 18.8 Å². The van der Waals surface area contributed by atoms with Crippen LogP contribution in [0.4, 0.5) is 16.0 Å². The van der Waals surface area contributed by atoms with Crippen LogP contribution < -0.4 is 15.5 Å². The van der Waals surface area contributed by atoms with Crippen molar-refractivity contribution in [2.24, 2.45) is 5.73 Å². The van der Waals surface area contributed by atoms with Gasteiger partial charge in [0, 0.05) is 38.1 Å². The monoisotopic (exact) mass is 389 g/mol. The maximum atomic E-state index is 13.1. The summed E-state index contributed by atoms with van der Waals surface area (Å²) in [5.74, 6) is -1.96. The molecule has 0 aliphatic heterocycles. The van der Waals surface area contributed by atoms with Crippen molar-refractivity contribution in [1.82, 2.24) is 9.97 Å². The van der Waals surface area contributed by atoms with Gasteiger partial charge in [-0.1, -0.05) is 0 Å². The minimum atomic E-state index is -0.655. The first-order chi connectivity index (χ1) is 13.4. The standard InChI is InChI=1S/C18H20FN5O4/c1-23(18-21-8-2-9-22-18)11-17(27)28-12-16(26)24(10-7-15(20)25)14-5-3-13(19)4-6-14/h2-6,8-9H,7,10-12H2,1H3,(H2,20,25). The quantitative estimate of drug-likeness (QED) is 0.621. The van der Waals surface area contributed by atoms with Crippen LogP contribution in [0.3, 0.4) is 0 Å². The van der Waals surface area contributed by atoms with Gasteiger partial charge in [-0.05, 0) is 30.3 Å². The molecule has 0 atom stereocenters. The molecule has 0 unspecified atom stereocenters. The van der Waals surface area contributed by atoms with Crippen molar-refractivity contribution in [3.8, 4) is 0 Å². The average molecular weight is 389 g/mol. The molecule has 0 saturated heterocycles. The molecule has 10 heteroatoms. The number of amides is 2. The predicted octanol–water partition coefficient (Wildman–Crippen LogP) is 0.504. The third-order valence-corrected chi connectivity index (χ3v) is 3.64. The molecule has 0 fully saturated rings. The SMILES string of the molecule is CN(CC(=O)OCC(=O)N(CCC(N)=O)c1ccc(F)cc1)c1ncccn1. The number of rotatable bonds is 9. The van der Waals surface area contributed by atoms with E-state index < -0.39 is 30.2 Å². The number of aromatic nitrogens is 2. The highest BCUT2D eigenvalue weighted by atomic mass is 19.1. The Balaban J connectivity index is 1.95. The summed E-state index contributed by atoms with van der Waals surface area (Å²) in [4.78, 5) is 46.2. The lowest BCUT2D eigenvalue weighted by Gasteiger charge is -2.22. The maximum Gasteiger partial charge on any atom is 0.326 e. The Labute approximate surface area is 160 Å². The number of hydrogen-bond acceptors (Lipinski definition) is 7. The van der Waals surface area contributed by atoms with Crippen molar-refractivity contribution in [3.63, 3.8) is 0 Å². The number of nitrogens with two attached hydrogens (primary N) is 1. The normalized spacial score (nSPS) is 10.2. The van der Waals surface area contributed by atoms with E-state index in [0.717, 1.165) is 0 Å². The van der Waals surface area contributed by atoms with E-state index in [4.69, 9.17) is 10.5 Å². The van der Waals surface area contributed by atoms with Crippen LogP contribution in [0.25, 0.3) is 0 Å². The largest absolute Gasteiger partial charge is 0.454 e. The van der Waals surface area contributed by atoms with Crippen molar-refractivity contribution in [1.29, 1.82) is 0 Å². The number of benzene rings is 1. The number of ether oxygens (including phenoxy) is 1. The summed E-state index contributed by atoms with van der Waals surface area (Å²) >= 11 is 0.